The maximum atomic E-state index is 13.1. The molecule has 0 aliphatic carbocycles. The number of carbonyl (C=O) groups is 1. The van der Waals surface area contributed by atoms with Gasteiger partial charge < -0.3 is 9.52 Å². The van der Waals surface area contributed by atoms with Gasteiger partial charge >= 0.3 is 5.97 Å². The number of benzene rings is 2. The molecule has 0 saturated carbocycles. The summed E-state index contributed by atoms with van der Waals surface area (Å²) in [6.07, 6.45) is 0.583. The second-order valence-corrected chi connectivity index (χ2v) is 7.54. The van der Waals surface area contributed by atoms with Gasteiger partial charge in [-0.15, -0.1) is 0 Å². The summed E-state index contributed by atoms with van der Waals surface area (Å²) in [5, 5.41) is 9.17. The van der Waals surface area contributed by atoms with Gasteiger partial charge in [-0.1, -0.05) is 12.1 Å². The predicted octanol–water partition coefficient (Wildman–Crippen LogP) is 3.15. The fraction of sp³-hybridized carbons (Fsp3) is 0.111. The highest BCUT2D eigenvalue weighted by molar-refractivity contribution is 7.92. The van der Waals surface area contributed by atoms with E-state index in [2.05, 4.69) is 9.71 Å². The van der Waals surface area contributed by atoms with Crippen LogP contribution in [-0.4, -0.2) is 30.7 Å². The number of aromatic nitrogens is 1. The average Bonchev–Trinajstić information content (AvgIpc) is 2.97. The summed E-state index contributed by atoms with van der Waals surface area (Å²) < 4.78 is 44.5. The maximum Gasteiger partial charge on any atom is 0.309 e. The molecule has 0 amide bonds. The zero-order valence-electron chi connectivity index (χ0n) is 14.1. The highest BCUT2D eigenvalue weighted by Crippen LogP contribution is 2.35. The van der Waals surface area contributed by atoms with Crippen molar-refractivity contribution in [1.29, 1.82) is 0 Å². The summed E-state index contributed by atoms with van der Waals surface area (Å²) in [6.45, 7) is 0. The van der Waals surface area contributed by atoms with Gasteiger partial charge in [0.2, 0.25) is 15.9 Å². The second-order valence-electron chi connectivity index (χ2n) is 5.79. The first-order chi connectivity index (χ1) is 12.7. The number of nitrogens with one attached hydrogen (secondary N) is 1. The summed E-state index contributed by atoms with van der Waals surface area (Å²) in [5.74, 6) is -1.32. The van der Waals surface area contributed by atoms with Crippen molar-refractivity contribution in [3.63, 3.8) is 0 Å². The van der Waals surface area contributed by atoms with Gasteiger partial charge in [0, 0.05) is 11.1 Å². The van der Waals surface area contributed by atoms with E-state index in [1.165, 1.54) is 30.3 Å². The molecule has 0 spiro atoms. The third-order valence-electron chi connectivity index (χ3n) is 3.57. The van der Waals surface area contributed by atoms with Crippen LogP contribution < -0.4 is 4.72 Å². The van der Waals surface area contributed by atoms with Crippen molar-refractivity contribution >= 4 is 21.7 Å². The van der Waals surface area contributed by atoms with Crippen molar-refractivity contribution in [3.05, 3.63) is 60.0 Å². The number of rotatable bonds is 6. The van der Waals surface area contributed by atoms with Crippen molar-refractivity contribution < 1.29 is 27.1 Å². The lowest BCUT2D eigenvalue weighted by Crippen LogP contribution is -2.10. The van der Waals surface area contributed by atoms with Gasteiger partial charge in [-0.25, -0.2) is 17.8 Å². The van der Waals surface area contributed by atoms with Crippen molar-refractivity contribution in [2.45, 2.75) is 6.42 Å². The van der Waals surface area contributed by atoms with Crippen LogP contribution in [0.1, 0.15) is 5.69 Å². The van der Waals surface area contributed by atoms with Crippen molar-refractivity contribution in [2.75, 3.05) is 11.0 Å². The number of para-hydroxylation sites is 1. The molecular formula is C18H15FN2O5S. The smallest absolute Gasteiger partial charge is 0.309 e. The molecule has 9 heteroatoms. The van der Waals surface area contributed by atoms with Gasteiger partial charge in [0.05, 0.1) is 24.1 Å². The normalized spacial score (nSPS) is 11.3. The molecule has 0 unspecified atom stereocenters. The van der Waals surface area contributed by atoms with E-state index in [1.54, 1.807) is 18.2 Å². The first-order valence-electron chi connectivity index (χ1n) is 7.77. The Bertz CT molecular complexity index is 1090. The number of carboxylic acids is 1. The summed E-state index contributed by atoms with van der Waals surface area (Å²) >= 11 is 0. The van der Waals surface area contributed by atoms with Gasteiger partial charge in [0.25, 0.3) is 0 Å². The quantitative estimate of drug-likeness (QED) is 0.669. The van der Waals surface area contributed by atoms with Gasteiger partial charge in [0.1, 0.15) is 5.82 Å². The van der Waals surface area contributed by atoms with E-state index >= 15 is 0 Å². The molecule has 0 radical (unpaired) electrons. The Hall–Kier alpha value is -3.20. The minimum absolute atomic E-state index is 0.107. The number of halogens is 1. The minimum atomic E-state index is -3.56. The van der Waals surface area contributed by atoms with Crippen LogP contribution in [0.2, 0.25) is 0 Å². The average molecular weight is 390 g/mol. The highest BCUT2D eigenvalue weighted by atomic mass is 32.2. The van der Waals surface area contributed by atoms with Gasteiger partial charge in [-0.3, -0.25) is 9.52 Å². The standard InChI is InChI=1S/C18H15FN2O5S/c1-27(24,25)21-14-5-3-2-4-13(14)17-15(10-16(22)23)20-18(26-17)11-6-8-12(19)9-7-11/h2-9,21H,10H2,1H3,(H,22,23). The molecule has 27 heavy (non-hydrogen) atoms. The molecule has 7 nitrogen and oxygen atoms in total. The monoisotopic (exact) mass is 390 g/mol. The Labute approximate surface area is 154 Å². The number of anilines is 1. The van der Waals surface area contributed by atoms with Crippen molar-refractivity contribution in [3.8, 4) is 22.8 Å². The number of sulfonamides is 1. The maximum absolute atomic E-state index is 13.1. The molecule has 3 aromatic rings. The molecule has 1 heterocycles. The largest absolute Gasteiger partial charge is 0.481 e. The van der Waals surface area contributed by atoms with E-state index in [1.807, 2.05) is 0 Å². The van der Waals surface area contributed by atoms with Crippen LogP contribution in [0.3, 0.4) is 0 Å². The van der Waals surface area contributed by atoms with E-state index in [0.29, 0.717) is 11.1 Å². The SMILES string of the molecule is CS(=O)(=O)Nc1ccccc1-c1oc(-c2ccc(F)cc2)nc1CC(=O)O. The summed E-state index contributed by atoms with van der Waals surface area (Å²) in [5.41, 5.74) is 1.17. The summed E-state index contributed by atoms with van der Waals surface area (Å²) in [6, 6.07) is 11.8. The van der Waals surface area contributed by atoms with E-state index in [-0.39, 0.29) is 23.0 Å². The Kier molecular flexibility index (Phi) is 4.95. The van der Waals surface area contributed by atoms with E-state index in [0.717, 1.165) is 6.26 Å². The molecule has 3 rings (SSSR count). The van der Waals surface area contributed by atoms with E-state index in [9.17, 15) is 17.6 Å². The number of hydrogen-bond acceptors (Lipinski definition) is 5. The van der Waals surface area contributed by atoms with Crippen LogP contribution in [0.4, 0.5) is 10.1 Å². The van der Waals surface area contributed by atoms with Gasteiger partial charge in [-0.05, 0) is 36.4 Å². The van der Waals surface area contributed by atoms with E-state index < -0.39 is 28.2 Å². The molecular weight excluding hydrogens is 375 g/mol. The number of hydrogen-bond donors (Lipinski definition) is 2. The zero-order valence-corrected chi connectivity index (χ0v) is 15.0. The molecule has 1 aromatic heterocycles. The van der Waals surface area contributed by atoms with Crippen LogP contribution in [0.15, 0.2) is 52.9 Å². The summed E-state index contributed by atoms with van der Waals surface area (Å²) in [4.78, 5) is 15.4. The second kappa shape index (κ2) is 7.20. The van der Waals surface area contributed by atoms with Crippen LogP contribution >= 0.6 is 0 Å². The van der Waals surface area contributed by atoms with Gasteiger partial charge in [0.15, 0.2) is 5.76 Å². The molecule has 2 aromatic carbocycles. The zero-order chi connectivity index (χ0) is 19.6. The number of nitrogens with zero attached hydrogens (tertiary/aromatic N) is 1. The van der Waals surface area contributed by atoms with Crippen LogP contribution in [0.25, 0.3) is 22.8 Å². The van der Waals surface area contributed by atoms with Crippen LogP contribution in [0, 0.1) is 5.82 Å². The Morgan fingerprint density at radius 3 is 2.48 bits per heavy atom. The molecule has 0 aliphatic rings. The topological polar surface area (TPSA) is 110 Å². The predicted molar refractivity (Wildman–Crippen MR) is 97.1 cm³/mol. The first-order valence-corrected chi connectivity index (χ1v) is 9.67. The highest BCUT2D eigenvalue weighted by Gasteiger charge is 2.21. The molecule has 140 valence electrons. The van der Waals surface area contributed by atoms with Crippen LogP contribution in [0.5, 0.6) is 0 Å². The lowest BCUT2D eigenvalue weighted by atomic mass is 10.1. The van der Waals surface area contributed by atoms with E-state index in [4.69, 9.17) is 9.52 Å². The van der Waals surface area contributed by atoms with Crippen molar-refractivity contribution in [1.82, 2.24) is 4.98 Å². The Balaban J connectivity index is 2.14. The van der Waals surface area contributed by atoms with Crippen LogP contribution in [-0.2, 0) is 21.2 Å². The van der Waals surface area contributed by atoms with Crippen molar-refractivity contribution in [2.24, 2.45) is 0 Å². The fourth-order valence-corrected chi connectivity index (χ4v) is 3.09. The molecule has 0 saturated heterocycles. The molecule has 0 fully saturated rings. The number of carboxylic acid groups (broad SMARTS) is 1. The Morgan fingerprint density at radius 1 is 1.19 bits per heavy atom. The molecule has 0 bridgehead atoms. The molecule has 0 atom stereocenters. The lowest BCUT2D eigenvalue weighted by molar-refractivity contribution is -0.136. The third kappa shape index (κ3) is 4.50. The number of oxazole rings is 1. The molecule has 2 N–H and O–H groups in total. The Morgan fingerprint density at radius 2 is 1.85 bits per heavy atom. The minimum Gasteiger partial charge on any atom is -0.481 e. The number of aliphatic carboxylic acids is 1. The third-order valence-corrected chi connectivity index (χ3v) is 4.16. The molecule has 0 aliphatic heterocycles. The summed E-state index contributed by atoms with van der Waals surface area (Å²) in [7, 11) is -3.56. The lowest BCUT2D eigenvalue weighted by Gasteiger charge is -2.09. The van der Waals surface area contributed by atoms with Gasteiger partial charge in [-0.2, -0.15) is 0 Å². The fourth-order valence-electron chi connectivity index (χ4n) is 2.51. The first kappa shape index (κ1) is 18.6.